The summed E-state index contributed by atoms with van der Waals surface area (Å²) in [7, 11) is 0.314. The first kappa shape index (κ1) is 24.2. The lowest BCUT2D eigenvalue weighted by Gasteiger charge is -2.14. The van der Waals surface area contributed by atoms with Crippen LogP contribution < -0.4 is 10.1 Å². The number of carbonyl (C=O) groups excluding carboxylic acids is 2. The van der Waals surface area contributed by atoms with Crippen molar-refractivity contribution in [3.05, 3.63) is 53.1 Å². The number of phenolic OH excluding ortho intramolecular Hbond substituents is 1. The van der Waals surface area contributed by atoms with E-state index in [0.717, 1.165) is 10.4 Å². The summed E-state index contributed by atoms with van der Waals surface area (Å²) in [5.74, 6) is -1.23. The van der Waals surface area contributed by atoms with E-state index in [9.17, 15) is 23.1 Å². The molecule has 0 atom stereocenters. The zero-order chi connectivity index (χ0) is 23.2. The van der Waals surface area contributed by atoms with Crippen LogP contribution in [0.2, 0.25) is 5.02 Å². The van der Waals surface area contributed by atoms with Gasteiger partial charge in [0, 0.05) is 25.9 Å². The number of rotatable bonds is 8. The standard InChI is InChI=1S/C20H21ClN2O7S/c1-23(2)31(27,28)18-11-14(6-7-15(18)21)22-19(25)12-30-20(26)9-5-13-4-8-16(24)17(10-13)29-3/h4-11,24H,12H2,1-3H3,(H,22,25)/b9-5+. The van der Waals surface area contributed by atoms with Crippen LogP contribution in [0.1, 0.15) is 5.56 Å². The number of esters is 1. The summed E-state index contributed by atoms with van der Waals surface area (Å²) in [5.41, 5.74) is 0.754. The highest BCUT2D eigenvalue weighted by Crippen LogP contribution is 2.27. The molecule has 0 fully saturated rings. The summed E-state index contributed by atoms with van der Waals surface area (Å²) in [6.45, 7) is -0.583. The minimum Gasteiger partial charge on any atom is -0.504 e. The van der Waals surface area contributed by atoms with Crippen molar-refractivity contribution in [1.82, 2.24) is 4.31 Å². The highest BCUT2D eigenvalue weighted by molar-refractivity contribution is 7.89. The van der Waals surface area contributed by atoms with E-state index < -0.39 is 28.5 Å². The molecule has 31 heavy (non-hydrogen) atoms. The number of carbonyl (C=O) groups is 2. The number of sulfonamides is 1. The lowest BCUT2D eigenvalue weighted by Crippen LogP contribution is -2.23. The van der Waals surface area contributed by atoms with E-state index >= 15 is 0 Å². The second-order valence-corrected chi connectivity index (χ2v) is 8.88. The highest BCUT2D eigenvalue weighted by Gasteiger charge is 2.21. The van der Waals surface area contributed by atoms with E-state index in [-0.39, 0.29) is 27.1 Å². The smallest absolute Gasteiger partial charge is 0.331 e. The van der Waals surface area contributed by atoms with Crippen LogP contribution in [0.4, 0.5) is 5.69 Å². The normalized spacial score (nSPS) is 11.5. The van der Waals surface area contributed by atoms with Gasteiger partial charge < -0.3 is 19.9 Å². The molecule has 1 amide bonds. The van der Waals surface area contributed by atoms with Crippen LogP contribution in [0.3, 0.4) is 0 Å². The summed E-state index contributed by atoms with van der Waals surface area (Å²) in [5, 5.41) is 12.0. The molecular formula is C20H21ClN2O7S. The highest BCUT2D eigenvalue weighted by atomic mass is 35.5. The van der Waals surface area contributed by atoms with Crippen molar-refractivity contribution in [1.29, 1.82) is 0 Å². The van der Waals surface area contributed by atoms with Gasteiger partial charge in [-0.25, -0.2) is 17.5 Å². The molecule has 9 nitrogen and oxygen atoms in total. The van der Waals surface area contributed by atoms with Crippen LogP contribution in [0, 0.1) is 0 Å². The van der Waals surface area contributed by atoms with Crippen LogP contribution in [0.15, 0.2) is 47.4 Å². The van der Waals surface area contributed by atoms with Crippen LogP contribution >= 0.6 is 11.6 Å². The minimum absolute atomic E-state index is 0.00845. The number of amides is 1. The summed E-state index contributed by atoms with van der Waals surface area (Å²) in [6.07, 6.45) is 2.54. The Kier molecular flexibility index (Phi) is 8.03. The fraction of sp³-hybridized carbons (Fsp3) is 0.200. The Labute approximate surface area is 184 Å². The Bertz CT molecular complexity index is 1110. The quantitative estimate of drug-likeness (QED) is 0.450. The Hall–Kier alpha value is -3.08. The second kappa shape index (κ2) is 10.3. The van der Waals surface area contributed by atoms with Gasteiger partial charge in [-0.2, -0.15) is 0 Å². The number of aromatic hydroxyl groups is 1. The van der Waals surface area contributed by atoms with Gasteiger partial charge in [0.05, 0.1) is 12.1 Å². The summed E-state index contributed by atoms with van der Waals surface area (Å²) in [6, 6.07) is 8.48. The van der Waals surface area contributed by atoms with Crippen molar-refractivity contribution in [2.45, 2.75) is 4.90 Å². The molecule has 0 spiro atoms. The number of hydrogen-bond donors (Lipinski definition) is 2. The molecule has 11 heteroatoms. The zero-order valence-electron chi connectivity index (χ0n) is 17.0. The number of nitrogens with zero attached hydrogens (tertiary/aromatic N) is 1. The molecule has 2 rings (SSSR count). The second-order valence-electron chi connectivity index (χ2n) is 6.35. The fourth-order valence-electron chi connectivity index (χ4n) is 2.32. The third-order valence-electron chi connectivity index (χ3n) is 3.93. The van der Waals surface area contributed by atoms with Gasteiger partial charge in [0.15, 0.2) is 18.1 Å². The average molecular weight is 469 g/mol. The van der Waals surface area contributed by atoms with Crippen molar-refractivity contribution in [3.63, 3.8) is 0 Å². The number of hydrogen-bond acceptors (Lipinski definition) is 7. The van der Waals surface area contributed by atoms with Gasteiger partial charge in [-0.1, -0.05) is 17.7 Å². The molecule has 0 radical (unpaired) electrons. The molecule has 0 unspecified atom stereocenters. The van der Waals surface area contributed by atoms with E-state index in [2.05, 4.69) is 5.32 Å². The lowest BCUT2D eigenvalue weighted by atomic mass is 10.2. The lowest BCUT2D eigenvalue weighted by molar-refractivity contribution is -0.142. The van der Waals surface area contributed by atoms with E-state index in [1.165, 1.54) is 57.6 Å². The molecule has 0 aliphatic carbocycles. The Morgan fingerprint density at radius 1 is 1.19 bits per heavy atom. The SMILES string of the molecule is COc1cc(/C=C/C(=O)OCC(=O)Nc2ccc(Cl)c(S(=O)(=O)N(C)C)c2)ccc1O. The van der Waals surface area contributed by atoms with Gasteiger partial charge in [0.2, 0.25) is 10.0 Å². The van der Waals surface area contributed by atoms with E-state index in [1.807, 2.05) is 0 Å². The van der Waals surface area contributed by atoms with Crippen molar-refractivity contribution < 1.29 is 32.6 Å². The third-order valence-corrected chi connectivity index (χ3v) is 6.23. The van der Waals surface area contributed by atoms with Gasteiger partial charge in [-0.05, 0) is 42.0 Å². The summed E-state index contributed by atoms with van der Waals surface area (Å²) < 4.78 is 35.4. The maximum atomic E-state index is 12.3. The van der Waals surface area contributed by atoms with Crippen LogP contribution in [0.5, 0.6) is 11.5 Å². The van der Waals surface area contributed by atoms with Crippen molar-refractivity contribution in [2.75, 3.05) is 33.1 Å². The Morgan fingerprint density at radius 3 is 2.55 bits per heavy atom. The molecule has 0 aliphatic heterocycles. The Morgan fingerprint density at radius 2 is 1.90 bits per heavy atom. The molecule has 2 aromatic carbocycles. The van der Waals surface area contributed by atoms with Gasteiger partial charge in [-0.15, -0.1) is 0 Å². The van der Waals surface area contributed by atoms with Crippen molar-refractivity contribution >= 4 is 45.3 Å². The number of ether oxygens (including phenoxy) is 2. The number of anilines is 1. The molecule has 0 bridgehead atoms. The van der Waals surface area contributed by atoms with Gasteiger partial charge >= 0.3 is 5.97 Å². The molecule has 0 saturated heterocycles. The number of benzene rings is 2. The fourth-order valence-corrected chi connectivity index (χ4v) is 3.71. The molecule has 2 N–H and O–H groups in total. The predicted molar refractivity (Wildman–Crippen MR) is 116 cm³/mol. The largest absolute Gasteiger partial charge is 0.504 e. The molecule has 0 saturated carbocycles. The summed E-state index contributed by atoms with van der Waals surface area (Å²) in [4.78, 5) is 23.7. The first-order valence-corrected chi connectivity index (χ1v) is 10.6. The van der Waals surface area contributed by atoms with Crippen molar-refractivity contribution in [3.8, 4) is 11.5 Å². The zero-order valence-corrected chi connectivity index (χ0v) is 18.5. The number of nitrogens with one attached hydrogen (secondary N) is 1. The maximum Gasteiger partial charge on any atom is 0.331 e. The Balaban J connectivity index is 1.97. The number of methoxy groups -OCH3 is 1. The molecule has 0 aliphatic rings. The molecule has 166 valence electrons. The third kappa shape index (κ3) is 6.45. The monoisotopic (exact) mass is 468 g/mol. The van der Waals surface area contributed by atoms with E-state index in [0.29, 0.717) is 5.56 Å². The van der Waals surface area contributed by atoms with Crippen LogP contribution in [-0.2, 0) is 24.3 Å². The van der Waals surface area contributed by atoms with Crippen LogP contribution in [0.25, 0.3) is 6.08 Å². The van der Waals surface area contributed by atoms with Gasteiger partial charge in [0.1, 0.15) is 4.90 Å². The first-order chi connectivity index (χ1) is 14.5. The van der Waals surface area contributed by atoms with Crippen LogP contribution in [-0.4, -0.2) is 57.5 Å². The predicted octanol–water partition coefficient (Wildman–Crippen LogP) is 2.50. The first-order valence-electron chi connectivity index (χ1n) is 8.78. The molecular weight excluding hydrogens is 448 g/mol. The molecule has 0 aromatic heterocycles. The van der Waals surface area contributed by atoms with Crippen molar-refractivity contribution in [2.24, 2.45) is 0 Å². The molecule has 0 heterocycles. The van der Waals surface area contributed by atoms with Gasteiger partial charge in [0.25, 0.3) is 5.91 Å². The number of phenols is 1. The maximum absolute atomic E-state index is 12.3. The molecule has 2 aromatic rings. The topological polar surface area (TPSA) is 122 Å². The minimum atomic E-state index is -3.80. The summed E-state index contributed by atoms with van der Waals surface area (Å²) >= 11 is 5.96. The number of halogens is 1. The van der Waals surface area contributed by atoms with E-state index in [1.54, 1.807) is 6.07 Å². The average Bonchev–Trinajstić information content (AvgIpc) is 2.72. The van der Waals surface area contributed by atoms with Gasteiger partial charge in [-0.3, -0.25) is 4.79 Å². The van der Waals surface area contributed by atoms with E-state index in [4.69, 9.17) is 21.1 Å².